The zero-order chi connectivity index (χ0) is 18.5. The third-order valence-electron chi connectivity index (χ3n) is 4.34. The summed E-state index contributed by atoms with van der Waals surface area (Å²) in [5.74, 6) is -0.124. The SMILES string of the molecule is Cc1ccccc1CN(C)C(=O)Cn1cc(-c2ccccc2)ncc1=O. The second-order valence-corrected chi connectivity index (χ2v) is 6.28. The van der Waals surface area contributed by atoms with Crippen LogP contribution in [0.3, 0.4) is 0 Å². The van der Waals surface area contributed by atoms with Crippen LogP contribution in [0.4, 0.5) is 0 Å². The van der Waals surface area contributed by atoms with Crippen LogP contribution < -0.4 is 5.56 Å². The van der Waals surface area contributed by atoms with Gasteiger partial charge in [0.05, 0.1) is 11.9 Å². The smallest absolute Gasteiger partial charge is 0.269 e. The molecule has 5 nitrogen and oxygen atoms in total. The molecule has 3 aromatic rings. The van der Waals surface area contributed by atoms with Crippen molar-refractivity contribution >= 4 is 5.91 Å². The van der Waals surface area contributed by atoms with Crippen molar-refractivity contribution in [3.8, 4) is 11.3 Å². The van der Waals surface area contributed by atoms with Gasteiger partial charge < -0.3 is 9.47 Å². The number of benzene rings is 2. The fourth-order valence-electron chi connectivity index (χ4n) is 2.72. The number of nitrogens with zero attached hydrogens (tertiary/aromatic N) is 3. The summed E-state index contributed by atoms with van der Waals surface area (Å²) in [5.41, 5.74) is 3.51. The number of carbonyl (C=O) groups excluding carboxylic acids is 1. The lowest BCUT2D eigenvalue weighted by Gasteiger charge is -2.19. The van der Waals surface area contributed by atoms with Gasteiger partial charge in [-0.2, -0.15) is 0 Å². The average molecular weight is 347 g/mol. The first kappa shape index (κ1) is 17.6. The Balaban J connectivity index is 1.76. The fourth-order valence-corrected chi connectivity index (χ4v) is 2.72. The molecular weight excluding hydrogens is 326 g/mol. The van der Waals surface area contributed by atoms with Gasteiger partial charge in [0.15, 0.2) is 0 Å². The molecule has 0 aliphatic rings. The van der Waals surface area contributed by atoms with Gasteiger partial charge in [0.1, 0.15) is 6.54 Å². The second kappa shape index (κ2) is 7.78. The van der Waals surface area contributed by atoms with Gasteiger partial charge >= 0.3 is 0 Å². The maximum absolute atomic E-state index is 12.6. The van der Waals surface area contributed by atoms with Gasteiger partial charge in [-0.15, -0.1) is 0 Å². The number of hydrogen-bond donors (Lipinski definition) is 0. The van der Waals surface area contributed by atoms with Crippen molar-refractivity contribution in [1.29, 1.82) is 0 Å². The molecule has 132 valence electrons. The topological polar surface area (TPSA) is 55.2 Å². The van der Waals surface area contributed by atoms with E-state index in [2.05, 4.69) is 4.98 Å². The number of aryl methyl sites for hydroxylation is 1. The van der Waals surface area contributed by atoms with E-state index < -0.39 is 0 Å². The molecule has 1 heterocycles. The van der Waals surface area contributed by atoms with Crippen LogP contribution in [0.5, 0.6) is 0 Å². The molecule has 26 heavy (non-hydrogen) atoms. The summed E-state index contributed by atoms with van der Waals surface area (Å²) in [7, 11) is 1.75. The van der Waals surface area contributed by atoms with Gasteiger partial charge in [-0.1, -0.05) is 54.6 Å². The van der Waals surface area contributed by atoms with Crippen LogP contribution in [-0.4, -0.2) is 27.4 Å². The van der Waals surface area contributed by atoms with Crippen molar-refractivity contribution in [3.05, 3.63) is 88.5 Å². The van der Waals surface area contributed by atoms with E-state index in [4.69, 9.17) is 0 Å². The van der Waals surface area contributed by atoms with Gasteiger partial charge in [-0.25, -0.2) is 4.98 Å². The van der Waals surface area contributed by atoms with Gasteiger partial charge in [0.25, 0.3) is 5.56 Å². The predicted molar refractivity (Wildman–Crippen MR) is 102 cm³/mol. The molecular formula is C21H21N3O2. The minimum absolute atomic E-state index is 0.0103. The highest BCUT2D eigenvalue weighted by Crippen LogP contribution is 2.14. The van der Waals surface area contributed by atoms with Gasteiger partial charge in [-0.3, -0.25) is 9.59 Å². The van der Waals surface area contributed by atoms with Crippen molar-refractivity contribution in [3.63, 3.8) is 0 Å². The summed E-state index contributed by atoms with van der Waals surface area (Å²) >= 11 is 0. The van der Waals surface area contributed by atoms with Crippen LogP contribution in [0.25, 0.3) is 11.3 Å². The van der Waals surface area contributed by atoms with E-state index >= 15 is 0 Å². The lowest BCUT2D eigenvalue weighted by molar-refractivity contribution is -0.131. The molecule has 3 rings (SSSR count). The van der Waals surface area contributed by atoms with Crippen molar-refractivity contribution < 1.29 is 4.79 Å². The maximum atomic E-state index is 12.6. The molecule has 0 unspecified atom stereocenters. The average Bonchev–Trinajstić information content (AvgIpc) is 2.66. The van der Waals surface area contributed by atoms with Gasteiger partial charge in [0, 0.05) is 25.4 Å². The van der Waals surface area contributed by atoms with E-state index in [1.165, 1.54) is 10.8 Å². The number of amides is 1. The van der Waals surface area contributed by atoms with E-state index in [1.807, 2.05) is 61.5 Å². The van der Waals surface area contributed by atoms with Crippen LogP contribution in [0.2, 0.25) is 0 Å². The molecule has 0 bridgehead atoms. The monoisotopic (exact) mass is 347 g/mol. The van der Waals surface area contributed by atoms with E-state index in [-0.39, 0.29) is 18.0 Å². The van der Waals surface area contributed by atoms with E-state index in [9.17, 15) is 9.59 Å². The summed E-state index contributed by atoms with van der Waals surface area (Å²) in [4.78, 5) is 30.5. The first-order valence-corrected chi connectivity index (χ1v) is 8.45. The first-order valence-electron chi connectivity index (χ1n) is 8.45. The molecule has 1 amide bonds. The summed E-state index contributed by atoms with van der Waals surface area (Å²) < 4.78 is 1.41. The molecule has 0 fully saturated rings. The molecule has 0 spiro atoms. The van der Waals surface area contributed by atoms with E-state index in [0.717, 1.165) is 16.7 Å². The maximum Gasteiger partial charge on any atom is 0.269 e. The van der Waals surface area contributed by atoms with Crippen LogP contribution in [0.15, 0.2) is 71.8 Å². The molecule has 0 N–H and O–H groups in total. The highest BCUT2D eigenvalue weighted by molar-refractivity contribution is 5.75. The second-order valence-electron chi connectivity index (χ2n) is 6.28. The first-order chi connectivity index (χ1) is 12.5. The van der Waals surface area contributed by atoms with Gasteiger partial charge in [-0.05, 0) is 18.1 Å². The summed E-state index contributed by atoms with van der Waals surface area (Å²) in [6, 6.07) is 17.5. The van der Waals surface area contributed by atoms with Crippen LogP contribution in [-0.2, 0) is 17.9 Å². The third-order valence-corrected chi connectivity index (χ3v) is 4.34. The Bertz CT molecular complexity index is 964. The third kappa shape index (κ3) is 4.06. The normalized spacial score (nSPS) is 10.5. The number of aromatic nitrogens is 2. The highest BCUT2D eigenvalue weighted by atomic mass is 16.2. The lowest BCUT2D eigenvalue weighted by Crippen LogP contribution is -2.33. The minimum atomic E-state index is -0.290. The Labute approximate surface area is 152 Å². The Morgan fingerprint density at radius 3 is 2.50 bits per heavy atom. The Morgan fingerprint density at radius 1 is 1.08 bits per heavy atom. The quantitative estimate of drug-likeness (QED) is 0.713. The number of hydrogen-bond acceptors (Lipinski definition) is 3. The molecule has 0 atom stereocenters. The molecule has 0 radical (unpaired) electrons. The lowest BCUT2D eigenvalue weighted by atomic mass is 10.1. The molecule has 0 saturated carbocycles. The largest absolute Gasteiger partial charge is 0.340 e. The summed E-state index contributed by atoms with van der Waals surface area (Å²) in [5, 5.41) is 0. The Hall–Kier alpha value is -3.21. The van der Waals surface area contributed by atoms with Crippen LogP contribution in [0.1, 0.15) is 11.1 Å². The number of likely N-dealkylation sites (N-methyl/N-ethyl adjacent to an activating group) is 1. The van der Waals surface area contributed by atoms with E-state index in [0.29, 0.717) is 12.2 Å². The van der Waals surface area contributed by atoms with Crippen LogP contribution in [0, 0.1) is 6.92 Å². The zero-order valence-electron chi connectivity index (χ0n) is 14.9. The number of rotatable bonds is 5. The highest BCUT2D eigenvalue weighted by Gasteiger charge is 2.13. The van der Waals surface area contributed by atoms with Crippen molar-refractivity contribution in [2.45, 2.75) is 20.0 Å². The molecule has 5 heteroatoms. The summed E-state index contributed by atoms with van der Waals surface area (Å²) in [6.07, 6.45) is 2.90. The molecule has 2 aromatic carbocycles. The van der Waals surface area contributed by atoms with Crippen LogP contribution >= 0.6 is 0 Å². The molecule has 1 aromatic heterocycles. The standard InChI is InChI=1S/C21H21N3O2/c1-16-8-6-7-11-18(16)13-23(2)21(26)15-24-14-19(22-12-20(24)25)17-9-4-3-5-10-17/h3-12,14H,13,15H2,1-2H3. The predicted octanol–water partition coefficient (Wildman–Crippen LogP) is 2.88. The molecule has 0 saturated heterocycles. The Kier molecular flexibility index (Phi) is 5.27. The molecule has 0 aliphatic heterocycles. The van der Waals surface area contributed by atoms with Crippen molar-refractivity contribution in [1.82, 2.24) is 14.5 Å². The van der Waals surface area contributed by atoms with Crippen molar-refractivity contribution in [2.24, 2.45) is 0 Å². The molecule has 0 aliphatic carbocycles. The van der Waals surface area contributed by atoms with E-state index in [1.54, 1.807) is 18.1 Å². The number of carbonyl (C=O) groups is 1. The zero-order valence-corrected chi connectivity index (χ0v) is 14.9. The van der Waals surface area contributed by atoms with Gasteiger partial charge in [0.2, 0.25) is 5.91 Å². The minimum Gasteiger partial charge on any atom is -0.340 e. The van der Waals surface area contributed by atoms with Crippen molar-refractivity contribution in [2.75, 3.05) is 7.05 Å². The fraction of sp³-hybridized carbons (Fsp3) is 0.190. The summed E-state index contributed by atoms with van der Waals surface area (Å²) in [6.45, 7) is 2.52. The Morgan fingerprint density at radius 2 is 1.77 bits per heavy atom.